The van der Waals surface area contributed by atoms with Crippen LogP contribution in [0.4, 0.5) is 0 Å². The van der Waals surface area contributed by atoms with Crippen LogP contribution in [0.2, 0.25) is 0 Å². The lowest BCUT2D eigenvalue weighted by atomic mass is 9.96. The Morgan fingerprint density at radius 3 is 2.53 bits per heavy atom. The maximum atomic E-state index is 12.1. The predicted octanol–water partition coefficient (Wildman–Crippen LogP) is 1.51. The second-order valence-electron chi connectivity index (χ2n) is 5.08. The van der Waals surface area contributed by atoms with E-state index in [2.05, 4.69) is 20.8 Å². The zero-order valence-electron chi connectivity index (χ0n) is 10.2. The third-order valence-corrected chi connectivity index (χ3v) is 3.74. The molecule has 1 aliphatic rings. The maximum Gasteiger partial charge on any atom is 0.225 e. The van der Waals surface area contributed by atoms with Gasteiger partial charge in [0.25, 0.3) is 0 Å². The van der Waals surface area contributed by atoms with Gasteiger partial charge in [-0.2, -0.15) is 0 Å². The Morgan fingerprint density at radius 2 is 2.07 bits per heavy atom. The summed E-state index contributed by atoms with van der Waals surface area (Å²) in [5.41, 5.74) is 0. The van der Waals surface area contributed by atoms with E-state index in [0.29, 0.717) is 11.8 Å². The lowest BCUT2D eigenvalue weighted by Crippen LogP contribution is -2.43. The number of likely N-dealkylation sites (tertiary alicyclic amines) is 1. The molecule has 0 aromatic heterocycles. The summed E-state index contributed by atoms with van der Waals surface area (Å²) in [5.74, 6) is 1.06. The van der Waals surface area contributed by atoms with E-state index in [1.165, 1.54) is 0 Å². The molecule has 0 saturated carbocycles. The molecular formula is C12H23NO2. The number of hydrogen-bond acceptors (Lipinski definition) is 2. The van der Waals surface area contributed by atoms with Gasteiger partial charge in [0.2, 0.25) is 5.91 Å². The van der Waals surface area contributed by atoms with Gasteiger partial charge in [0.15, 0.2) is 0 Å². The van der Waals surface area contributed by atoms with Gasteiger partial charge in [-0.1, -0.05) is 27.7 Å². The Hall–Kier alpha value is -0.570. The van der Waals surface area contributed by atoms with Crippen molar-refractivity contribution in [3.8, 4) is 0 Å². The third kappa shape index (κ3) is 2.51. The summed E-state index contributed by atoms with van der Waals surface area (Å²) in [5, 5.41) is 9.28. The highest BCUT2D eigenvalue weighted by Gasteiger charge is 2.36. The van der Waals surface area contributed by atoms with Crippen LogP contribution in [0.5, 0.6) is 0 Å². The largest absolute Gasteiger partial charge is 0.394 e. The molecule has 0 aliphatic carbocycles. The number of amides is 1. The van der Waals surface area contributed by atoms with Crippen LogP contribution >= 0.6 is 0 Å². The SMILES string of the molecule is CC(C)C(C)C(=O)N1CCC(C)C1CO. The highest BCUT2D eigenvalue weighted by atomic mass is 16.3. The van der Waals surface area contributed by atoms with E-state index in [1.54, 1.807) is 0 Å². The Morgan fingerprint density at radius 1 is 1.47 bits per heavy atom. The number of hydrogen-bond donors (Lipinski definition) is 1. The Labute approximate surface area is 92.5 Å². The average molecular weight is 213 g/mol. The van der Waals surface area contributed by atoms with E-state index in [-0.39, 0.29) is 24.5 Å². The molecule has 0 bridgehead atoms. The highest BCUT2D eigenvalue weighted by Crippen LogP contribution is 2.26. The molecular weight excluding hydrogens is 190 g/mol. The number of carbonyl (C=O) groups is 1. The van der Waals surface area contributed by atoms with E-state index >= 15 is 0 Å². The van der Waals surface area contributed by atoms with Crippen molar-refractivity contribution in [3.05, 3.63) is 0 Å². The van der Waals surface area contributed by atoms with Crippen LogP contribution in [-0.4, -0.2) is 35.1 Å². The van der Waals surface area contributed by atoms with Crippen molar-refractivity contribution in [2.75, 3.05) is 13.2 Å². The lowest BCUT2D eigenvalue weighted by Gasteiger charge is -2.29. The molecule has 3 nitrogen and oxygen atoms in total. The molecule has 88 valence electrons. The minimum atomic E-state index is 0.0405. The monoisotopic (exact) mass is 213 g/mol. The molecule has 1 saturated heterocycles. The molecule has 0 spiro atoms. The average Bonchev–Trinajstić information content (AvgIpc) is 2.57. The highest BCUT2D eigenvalue weighted by molar-refractivity contribution is 5.79. The summed E-state index contributed by atoms with van der Waals surface area (Å²) in [6.45, 7) is 9.12. The molecule has 1 rings (SSSR count). The van der Waals surface area contributed by atoms with Crippen molar-refractivity contribution in [2.45, 2.75) is 40.2 Å². The fourth-order valence-corrected chi connectivity index (χ4v) is 2.11. The van der Waals surface area contributed by atoms with Crippen LogP contribution in [0, 0.1) is 17.8 Å². The van der Waals surface area contributed by atoms with Gasteiger partial charge in [0.1, 0.15) is 0 Å². The normalized spacial score (nSPS) is 28.5. The first-order valence-electron chi connectivity index (χ1n) is 5.90. The van der Waals surface area contributed by atoms with Crippen LogP contribution in [0.3, 0.4) is 0 Å². The van der Waals surface area contributed by atoms with Gasteiger partial charge in [-0.25, -0.2) is 0 Å². The molecule has 3 heteroatoms. The van der Waals surface area contributed by atoms with E-state index in [1.807, 2.05) is 11.8 Å². The standard InChI is InChI=1S/C12H23NO2/c1-8(2)10(4)12(15)13-6-5-9(3)11(13)7-14/h8-11,14H,5-7H2,1-4H3. The minimum absolute atomic E-state index is 0.0405. The van der Waals surface area contributed by atoms with Crippen molar-refractivity contribution >= 4 is 5.91 Å². The van der Waals surface area contributed by atoms with Gasteiger partial charge >= 0.3 is 0 Å². The van der Waals surface area contributed by atoms with Gasteiger partial charge in [-0.05, 0) is 18.3 Å². The lowest BCUT2D eigenvalue weighted by molar-refractivity contribution is -0.138. The molecule has 1 N–H and O–H groups in total. The molecule has 0 radical (unpaired) electrons. The van der Waals surface area contributed by atoms with E-state index in [4.69, 9.17) is 0 Å². The van der Waals surface area contributed by atoms with E-state index in [0.717, 1.165) is 13.0 Å². The number of nitrogens with zero attached hydrogens (tertiary/aromatic N) is 1. The molecule has 1 heterocycles. The van der Waals surface area contributed by atoms with Gasteiger partial charge in [-0.3, -0.25) is 4.79 Å². The van der Waals surface area contributed by atoms with Crippen LogP contribution in [-0.2, 0) is 4.79 Å². The van der Waals surface area contributed by atoms with Crippen LogP contribution in [0.15, 0.2) is 0 Å². The Kier molecular flexibility index (Phi) is 4.14. The van der Waals surface area contributed by atoms with Crippen molar-refractivity contribution in [1.82, 2.24) is 4.90 Å². The minimum Gasteiger partial charge on any atom is -0.394 e. The van der Waals surface area contributed by atoms with Crippen LogP contribution in [0.1, 0.15) is 34.1 Å². The smallest absolute Gasteiger partial charge is 0.225 e. The van der Waals surface area contributed by atoms with Gasteiger partial charge in [0.05, 0.1) is 12.6 Å². The first-order valence-corrected chi connectivity index (χ1v) is 5.90. The maximum absolute atomic E-state index is 12.1. The van der Waals surface area contributed by atoms with Gasteiger partial charge < -0.3 is 10.0 Å². The molecule has 1 aliphatic heterocycles. The molecule has 0 aromatic rings. The zero-order chi connectivity index (χ0) is 11.6. The molecule has 3 unspecified atom stereocenters. The first-order chi connectivity index (χ1) is 6.99. The fraction of sp³-hybridized carbons (Fsp3) is 0.917. The van der Waals surface area contributed by atoms with E-state index in [9.17, 15) is 9.90 Å². The second kappa shape index (κ2) is 4.97. The Balaban J connectivity index is 2.67. The summed E-state index contributed by atoms with van der Waals surface area (Å²) < 4.78 is 0. The van der Waals surface area contributed by atoms with E-state index < -0.39 is 0 Å². The zero-order valence-corrected chi connectivity index (χ0v) is 10.2. The topological polar surface area (TPSA) is 40.5 Å². The summed E-state index contributed by atoms with van der Waals surface area (Å²) in [4.78, 5) is 14.0. The fourth-order valence-electron chi connectivity index (χ4n) is 2.11. The molecule has 0 aromatic carbocycles. The molecule has 1 fully saturated rings. The first kappa shape index (κ1) is 12.5. The number of aliphatic hydroxyl groups excluding tert-OH is 1. The van der Waals surface area contributed by atoms with Crippen molar-refractivity contribution in [2.24, 2.45) is 17.8 Å². The Bertz CT molecular complexity index is 228. The van der Waals surface area contributed by atoms with Crippen LogP contribution < -0.4 is 0 Å². The van der Waals surface area contributed by atoms with Crippen LogP contribution in [0.25, 0.3) is 0 Å². The second-order valence-corrected chi connectivity index (χ2v) is 5.08. The van der Waals surface area contributed by atoms with Crippen molar-refractivity contribution < 1.29 is 9.90 Å². The van der Waals surface area contributed by atoms with Crippen molar-refractivity contribution in [1.29, 1.82) is 0 Å². The number of rotatable bonds is 3. The summed E-state index contributed by atoms with van der Waals surface area (Å²) in [7, 11) is 0. The number of carbonyl (C=O) groups excluding carboxylic acids is 1. The quantitative estimate of drug-likeness (QED) is 0.772. The molecule has 1 amide bonds. The summed E-state index contributed by atoms with van der Waals surface area (Å²) in [6.07, 6.45) is 1.02. The third-order valence-electron chi connectivity index (χ3n) is 3.74. The molecule has 3 atom stereocenters. The van der Waals surface area contributed by atoms with Gasteiger partial charge in [0, 0.05) is 12.5 Å². The summed E-state index contributed by atoms with van der Waals surface area (Å²) >= 11 is 0. The predicted molar refractivity (Wildman–Crippen MR) is 60.4 cm³/mol. The molecule has 15 heavy (non-hydrogen) atoms. The summed E-state index contributed by atoms with van der Waals surface area (Å²) in [6, 6.07) is 0.0405. The van der Waals surface area contributed by atoms with Gasteiger partial charge in [-0.15, -0.1) is 0 Å². The number of aliphatic hydroxyl groups is 1. The van der Waals surface area contributed by atoms with Crippen molar-refractivity contribution in [3.63, 3.8) is 0 Å².